The summed E-state index contributed by atoms with van der Waals surface area (Å²) in [6.07, 6.45) is 1.01. The Morgan fingerprint density at radius 2 is 1.65 bits per heavy atom. The molecule has 0 aromatic heterocycles. The van der Waals surface area contributed by atoms with E-state index in [0.717, 1.165) is 12.3 Å². The fourth-order valence-corrected chi connectivity index (χ4v) is 1.92. The Labute approximate surface area is 116 Å². The maximum absolute atomic E-state index is 11.0. The molecule has 0 bridgehead atoms. The molecule has 0 spiro atoms. The number of aromatic hydroxyl groups is 1. The van der Waals surface area contributed by atoms with Crippen LogP contribution in [0.25, 0.3) is 0 Å². The third-order valence-electron chi connectivity index (χ3n) is 2.21. The summed E-state index contributed by atoms with van der Waals surface area (Å²) in [5.74, 6) is 0.322. The first kappa shape index (κ1) is 15.6. The van der Waals surface area contributed by atoms with Gasteiger partial charge in [-0.2, -0.15) is 0 Å². The van der Waals surface area contributed by atoms with Crippen LogP contribution in [0, 0.1) is 10.1 Å². The van der Waals surface area contributed by atoms with Gasteiger partial charge in [-0.25, -0.2) is 8.42 Å². The zero-order chi connectivity index (χ0) is 15.2. The Morgan fingerprint density at radius 3 is 2.05 bits per heavy atom. The van der Waals surface area contributed by atoms with Gasteiger partial charge in [-0.15, -0.1) is 0 Å². The van der Waals surface area contributed by atoms with E-state index in [1.807, 2.05) is 6.07 Å². The lowest BCUT2D eigenvalue weighted by Crippen LogP contribution is -1.97. The van der Waals surface area contributed by atoms with Gasteiger partial charge < -0.3 is 5.11 Å². The van der Waals surface area contributed by atoms with Crippen molar-refractivity contribution in [3.63, 3.8) is 0 Å². The molecule has 2 aromatic rings. The quantitative estimate of drug-likeness (QED) is 0.677. The molecule has 0 fully saturated rings. The minimum Gasteiger partial charge on any atom is -0.508 e. The van der Waals surface area contributed by atoms with Crippen LogP contribution in [0.1, 0.15) is 0 Å². The minimum atomic E-state index is -3.36. The first-order valence-corrected chi connectivity index (χ1v) is 7.38. The number of nitro groups is 1. The van der Waals surface area contributed by atoms with E-state index in [0.29, 0.717) is 5.75 Å². The summed E-state index contributed by atoms with van der Waals surface area (Å²) in [5.41, 5.74) is -0.220. The molecule has 0 saturated carbocycles. The van der Waals surface area contributed by atoms with Crippen molar-refractivity contribution in [1.82, 2.24) is 0 Å². The van der Waals surface area contributed by atoms with Crippen LogP contribution in [-0.4, -0.2) is 24.7 Å². The topological polar surface area (TPSA) is 97.5 Å². The standard InChI is InChI=1S/C7H7NO4S.C6H6O/c1-13(11,12)7-4-2-3-6(5-7)8(9)10;7-6-4-2-1-3-5-6/h2-5H,1H3;1-5,7H. The molecule has 7 heteroatoms. The van der Waals surface area contributed by atoms with Gasteiger partial charge in [-0.1, -0.05) is 24.3 Å². The van der Waals surface area contributed by atoms with E-state index in [-0.39, 0.29) is 10.6 Å². The number of phenolic OH excluding ortho intramolecular Hbond substituents is 1. The van der Waals surface area contributed by atoms with Crippen molar-refractivity contribution >= 4 is 15.5 Å². The molecule has 0 aliphatic rings. The van der Waals surface area contributed by atoms with Crippen LogP contribution in [-0.2, 0) is 9.84 Å². The number of hydrogen-bond donors (Lipinski definition) is 1. The number of phenols is 1. The highest BCUT2D eigenvalue weighted by Crippen LogP contribution is 2.16. The van der Waals surface area contributed by atoms with Crippen molar-refractivity contribution in [1.29, 1.82) is 0 Å². The summed E-state index contributed by atoms with van der Waals surface area (Å²) < 4.78 is 22.0. The molecule has 2 rings (SSSR count). The second-order valence-electron chi connectivity index (χ2n) is 3.86. The Hall–Kier alpha value is -2.41. The van der Waals surface area contributed by atoms with E-state index in [9.17, 15) is 18.5 Å². The average Bonchev–Trinajstić information content (AvgIpc) is 2.39. The van der Waals surface area contributed by atoms with Gasteiger partial charge in [0.05, 0.1) is 9.82 Å². The number of nitro benzene ring substituents is 1. The first-order valence-electron chi connectivity index (χ1n) is 5.49. The van der Waals surface area contributed by atoms with Crippen LogP contribution in [0.15, 0.2) is 59.5 Å². The smallest absolute Gasteiger partial charge is 0.270 e. The van der Waals surface area contributed by atoms with Crippen molar-refractivity contribution < 1.29 is 18.4 Å². The highest BCUT2D eigenvalue weighted by molar-refractivity contribution is 7.90. The highest BCUT2D eigenvalue weighted by atomic mass is 32.2. The Balaban J connectivity index is 0.000000240. The molecular formula is C13H13NO5S. The van der Waals surface area contributed by atoms with E-state index >= 15 is 0 Å². The molecule has 6 nitrogen and oxygen atoms in total. The first-order chi connectivity index (χ1) is 9.30. The van der Waals surface area contributed by atoms with Crippen LogP contribution in [0.5, 0.6) is 5.75 Å². The highest BCUT2D eigenvalue weighted by Gasteiger charge is 2.11. The maximum Gasteiger partial charge on any atom is 0.270 e. The third kappa shape index (κ3) is 5.07. The lowest BCUT2D eigenvalue weighted by atomic mass is 10.3. The second kappa shape index (κ2) is 6.67. The van der Waals surface area contributed by atoms with Crippen molar-refractivity contribution in [2.24, 2.45) is 0 Å². The van der Waals surface area contributed by atoms with Crippen molar-refractivity contribution in [3.8, 4) is 5.75 Å². The number of sulfone groups is 1. The summed E-state index contributed by atoms with van der Waals surface area (Å²) in [5, 5.41) is 18.9. The van der Waals surface area contributed by atoms with E-state index in [1.54, 1.807) is 24.3 Å². The Kier molecular flexibility index (Phi) is 5.22. The zero-order valence-corrected chi connectivity index (χ0v) is 11.4. The molecule has 0 unspecified atom stereocenters. The largest absolute Gasteiger partial charge is 0.508 e. The van der Waals surface area contributed by atoms with Crippen molar-refractivity contribution in [2.45, 2.75) is 4.90 Å². The molecule has 1 N–H and O–H groups in total. The number of benzene rings is 2. The van der Waals surface area contributed by atoms with Gasteiger partial charge in [-0.05, 0) is 18.2 Å². The Bertz CT molecular complexity index is 683. The predicted molar refractivity (Wildman–Crippen MR) is 74.3 cm³/mol. The molecular weight excluding hydrogens is 282 g/mol. The number of para-hydroxylation sites is 1. The zero-order valence-electron chi connectivity index (χ0n) is 10.6. The summed E-state index contributed by atoms with van der Waals surface area (Å²) in [6, 6.07) is 13.7. The molecule has 0 aliphatic heterocycles. The minimum absolute atomic E-state index is 0.0401. The molecule has 0 aliphatic carbocycles. The van der Waals surface area contributed by atoms with Crippen LogP contribution in [0.3, 0.4) is 0 Å². The van der Waals surface area contributed by atoms with E-state index < -0.39 is 14.8 Å². The van der Waals surface area contributed by atoms with Crippen LogP contribution in [0.2, 0.25) is 0 Å². The number of hydrogen-bond acceptors (Lipinski definition) is 5. The third-order valence-corrected chi connectivity index (χ3v) is 3.32. The summed E-state index contributed by atoms with van der Waals surface area (Å²) >= 11 is 0. The van der Waals surface area contributed by atoms with Gasteiger partial charge in [-0.3, -0.25) is 10.1 Å². The second-order valence-corrected chi connectivity index (χ2v) is 5.88. The van der Waals surface area contributed by atoms with Gasteiger partial charge in [0.15, 0.2) is 9.84 Å². The summed E-state index contributed by atoms with van der Waals surface area (Å²) in [6.45, 7) is 0. The normalized spacial score (nSPS) is 10.2. The van der Waals surface area contributed by atoms with E-state index in [4.69, 9.17) is 5.11 Å². The van der Waals surface area contributed by atoms with E-state index in [1.165, 1.54) is 18.2 Å². The van der Waals surface area contributed by atoms with Crippen molar-refractivity contribution in [2.75, 3.05) is 6.26 Å². The fourth-order valence-electron chi connectivity index (χ4n) is 1.26. The van der Waals surface area contributed by atoms with Crippen LogP contribution < -0.4 is 0 Å². The molecule has 0 saturated heterocycles. The molecule has 0 radical (unpaired) electrons. The summed E-state index contributed by atoms with van der Waals surface area (Å²) in [7, 11) is -3.36. The van der Waals surface area contributed by atoms with Gasteiger partial charge in [0.1, 0.15) is 5.75 Å². The molecule has 0 amide bonds. The van der Waals surface area contributed by atoms with Crippen molar-refractivity contribution in [3.05, 3.63) is 64.7 Å². The van der Waals surface area contributed by atoms with Gasteiger partial charge in [0, 0.05) is 18.4 Å². The fraction of sp³-hybridized carbons (Fsp3) is 0.0769. The average molecular weight is 295 g/mol. The Morgan fingerprint density at radius 1 is 1.05 bits per heavy atom. The van der Waals surface area contributed by atoms with Gasteiger partial charge in [0.25, 0.3) is 5.69 Å². The van der Waals surface area contributed by atoms with Gasteiger partial charge >= 0.3 is 0 Å². The molecule has 0 heterocycles. The SMILES string of the molecule is CS(=O)(=O)c1cccc([N+](=O)[O-])c1.Oc1ccccc1. The summed E-state index contributed by atoms with van der Waals surface area (Å²) in [4.78, 5) is 9.62. The van der Waals surface area contributed by atoms with Gasteiger partial charge in [0.2, 0.25) is 0 Å². The number of rotatable bonds is 2. The molecule has 20 heavy (non-hydrogen) atoms. The molecule has 0 atom stereocenters. The monoisotopic (exact) mass is 295 g/mol. The maximum atomic E-state index is 11.0. The van der Waals surface area contributed by atoms with Crippen LogP contribution in [0.4, 0.5) is 5.69 Å². The number of non-ortho nitro benzene ring substituents is 1. The number of nitrogens with zero attached hydrogens (tertiary/aromatic N) is 1. The molecule has 2 aromatic carbocycles. The lowest BCUT2D eigenvalue weighted by molar-refractivity contribution is -0.385. The molecule has 106 valence electrons. The van der Waals surface area contributed by atoms with E-state index in [2.05, 4.69) is 0 Å². The predicted octanol–water partition coefficient (Wildman–Crippen LogP) is 2.39. The van der Waals surface area contributed by atoms with Crippen LogP contribution >= 0.6 is 0 Å². The lowest BCUT2D eigenvalue weighted by Gasteiger charge is -1.96.